The van der Waals surface area contributed by atoms with Gasteiger partial charge in [0, 0.05) is 5.56 Å². The van der Waals surface area contributed by atoms with E-state index < -0.39 is 21.6 Å². The molecule has 8 nitrogen and oxygen atoms in total. The summed E-state index contributed by atoms with van der Waals surface area (Å²) in [7, 11) is -3.57. The van der Waals surface area contributed by atoms with Gasteiger partial charge in [0.25, 0.3) is 15.9 Å². The van der Waals surface area contributed by atoms with Gasteiger partial charge in [-0.1, -0.05) is 30.1 Å². The lowest BCUT2D eigenvalue weighted by Crippen LogP contribution is -2.34. The summed E-state index contributed by atoms with van der Waals surface area (Å²) in [6.07, 6.45) is 3.78. The lowest BCUT2D eigenvalue weighted by molar-refractivity contribution is 0.339. The van der Waals surface area contributed by atoms with Crippen molar-refractivity contribution in [2.24, 2.45) is 10.7 Å². The molecule has 1 atom stereocenters. The van der Waals surface area contributed by atoms with E-state index in [1.807, 2.05) is 0 Å². The van der Waals surface area contributed by atoms with Crippen LogP contribution in [-0.2, 0) is 15.6 Å². The Morgan fingerprint density at radius 3 is 2.73 bits per heavy atom. The Labute approximate surface area is 157 Å². The monoisotopic (exact) mass is 397 g/mol. The maximum absolute atomic E-state index is 12.1. The summed E-state index contributed by atoms with van der Waals surface area (Å²) in [5, 5.41) is 4.02. The van der Waals surface area contributed by atoms with E-state index in [-0.39, 0.29) is 23.1 Å². The second kappa shape index (κ2) is 6.64. The first-order chi connectivity index (χ1) is 11.9. The number of hydrogen-bond donors (Lipinski definition) is 2. The van der Waals surface area contributed by atoms with Gasteiger partial charge in [-0.25, -0.2) is 8.42 Å². The van der Waals surface area contributed by atoms with Gasteiger partial charge >= 0.3 is 0 Å². The number of fused-ring (bicyclic) bond motifs is 1. The first kappa shape index (κ1) is 18.8. The highest BCUT2D eigenvalue weighted by Gasteiger charge is 2.37. The smallest absolute Gasteiger partial charge is 0.263 e. The van der Waals surface area contributed by atoms with Crippen LogP contribution in [0.15, 0.2) is 38.7 Å². The van der Waals surface area contributed by atoms with E-state index in [0.29, 0.717) is 17.3 Å². The molecule has 2 aliphatic rings. The third-order valence-electron chi connectivity index (χ3n) is 4.73. The predicted molar refractivity (Wildman–Crippen MR) is 97.6 cm³/mol. The molecule has 0 bridgehead atoms. The van der Waals surface area contributed by atoms with E-state index in [1.165, 1.54) is 0 Å². The molecule has 0 amide bonds. The number of benzene rings is 1. The van der Waals surface area contributed by atoms with Crippen LogP contribution in [0.25, 0.3) is 0 Å². The predicted octanol–water partition coefficient (Wildman–Crippen LogP) is 2.02. The molecule has 1 aliphatic carbocycles. The van der Waals surface area contributed by atoms with Crippen LogP contribution in [0.4, 0.5) is 0 Å². The van der Waals surface area contributed by atoms with E-state index in [9.17, 15) is 8.42 Å². The SMILES string of the molecule is CC(N=C1NS(=O)(=O)c2ccccc21)c1nc(C2(N)CCCC2)no1.Cl. The molecule has 1 aliphatic heterocycles. The topological polar surface area (TPSA) is 123 Å². The highest BCUT2D eigenvalue weighted by molar-refractivity contribution is 7.90. The molecule has 1 aromatic heterocycles. The molecule has 3 N–H and O–H groups in total. The highest BCUT2D eigenvalue weighted by Crippen LogP contribution is 2.35. The molecule has 2 aromatic rings. The molecule has 1 saturated carbocycles. The third-order valence-corrected chi connectivity index (χ3v) is 6.12. The van der Waals surface area contributed by atoms with Gasteiger partial charge in [-0.3, -0.25) is 9.71 Å². The van der Waals surface area contributed by atoms with Crippen LogP contribution in [0.3, 0.4) is 0 Å². The fourth-order valence-electron chi connectivity index (χ4n) is 3.32. The van der Waals surface area contributed by atoms with E-state index in [2.05, 4.69) is 19.9 Å². The molecule has 2 heterocycles. The molecule has 1 unspecified atom stereocenters. The second-order valence-corrected chi connectivity index (χ2v) is 8.23. The number of nitrogens with zero attached hydrogens (tertiary/aromatic N) is 3. The molecule has 1 fully saturated rings. The molecule has 0 saturated heterocycles. The quantitative estimate of drug-likeness (QED) is 0.816. The summed E-state index contributed by atoms with van der Waals surface area (Å²) in [6.45, 7) is 1.78. The fourth-order valence-corrected chi connectivity index (χ4v) is 4.55. The average Bonchev–Trinajstić information content (AvgIpc) is 3.28. The molecule has 140 valence electrons. The lowest BCUT2D eigenvalue weighted by atomic mass is 9.99. The molecular weight excluding hydrogens is 378 g/mol. The van der Waals surface area contributed by atoms with E-state index in [0.717, 1.165) is 25.7 Å². The van der Waals surface area contributed by atoms with Crippen LogP contribution in [0.5, 0.6) is 0 Å². The number of aromatic nitrogens is 2. The van der Waals surface area contributed by atoms with Crippen LogP contribution in [-0.4, -0.2) is 24.4 Å². The van der Waals surface area contributed by atoms with Gasteiger partial charge < -0.3 is 10.3 Å². The van der Waals surface area contributed by atoms with Gasteiger partial charge in [-0.15, -0.1) is 12.4 Å². The Morgan fingerprint density at radius 1 is 1.31 bits per heavy atom. The largest absolute Gasteiger partial charge is 0.337 e. The summed E-state index contributed by atoms with van der Waals surface area (Å²) < 4.78 is 32.1. The first-order valence-electron chi connectivity index (χ1n) is 8.22. The van der Waals surface area contributed by atoms with Crippen molar-refractivity contribution in [1.82, 2.24) is 14.9 Å². The maximum Gasteiger partial charge on any atom is 0.263 e. The fraction of sp³-hybridized carbons (Fsp3) is 0.438. The van der Waals surface area contributed by atoms with Crippen LogP contribution in [0.2, 0.25) is 0 Å². The number of nitrogens with two attached hydrogens (primary N) is 1. The van der Waals surface area contributed by atoms with Crippen LogP contribution < -0.4 is 10.5 Å². The summed E-state index contributed by atoms with van der Waals surface area (Å²) in [4.78, 5) is 9.07. The van der Waals surface area contributed by atoms with Crippen molar-refractivity contribution in [3.63, 3.8) is 0 Å². The van der Waals surface area contributed by atoms with Crippen LogP contribution in [0.1, 0.15) is 55.9 Å². The summed E-state index contributed by atoms with van der Waals surface area (Å²) >= 11 is 0. The molecular formula is C16H20ClN5O3S. The van der Waals surface area contributed by atoms with Crippen molar-refractivity contribution in [2.75, 3.05) is 0 Å². The molecule has 0 radical (unpaired) electrons. The lowest BCUT2D eigenvalue weighted by Gasteiger charge is -2.17. The first-order valence-corrected chi connectivity index (χ1v) is 9.70. The Morgan fingerprint density at radius 2 is 2.00 bits per heavy atom. The third kappa shape index (κ3) is 3.10. The van der Waals surface area contributed by atoms with Crippen molar-refractivity contribution in [3.8, 4) is 0 Å². The Kier molecular flexibility index (Phi) is 4.80. The van der Waals surface area contributed by atoms with Gasteiger partial charge in [-0.2, -0.15) is 4.98 Å². The van der Waals surface area contributed by atoms with Gasteiger partial charge in [-0.05, 0) is 31.9 Å². The van der Waals surface area contributed by atoms with Crippen LogP contribution >= 0.6 is 12.4 Å². The van der Waals surface area contributed by atoms with Crippen molar-refractivity contribution >= 4 is 28.3 Å². The minimum absolute atomic E-state index is 0. The molecule has 26 heavy (non-hydrogen) atoms. The van der Waals surface area contributed by atoms with Gasteiger partial charge in [0.05, 0.1) is 10.4 Å². The van der Waals surface area contributed by atoms with Gasteiger partial charge in [0.2, 0.25) is 0 Å². The highest BCUT2D eigenvalue weighted by atomic mass is 35.5. The standard InChI is InChI=1S/C16H19N5O3S.ClH/c1-10(14-19-15(20-24-14)16(17)8-4-5-9-16)18-13-11-6-2-3-7-12(11)25(22,23)21-13;/h2-3,6-7,10H,4-5,8-9,17H2,1H3,(H,18,21);1H. The molecule has 4 rings (SSSR count). The minimum Gasteiger partial charge on any atom is -0.337 e. The summed E-state index contributed by atoms with van der Waals surface area (Å²) in [5.41, 5.74) is 6.35. The molecule has 10 heteroatoms. The summed E-state index contributed by atoms with van der Waals surface area (Å²) in [6, 6.07) is 6.22. The maximum atomic E-state index is 12.1. The molecule has 0 spiro atoms. The normalized spacial score (nSPS) is 22.5. The Bertz CT molecular complexity index is 950. The van der Waals surface area contributed by atoms with E-state index in [1.54, 1.807) is 31.2 Å². The Hall–Kier alpha value is -1.97. The van der Waals surface area contributed by atoms with Crippen molar-refractivity contribution in [1.29, 1.82) is 0 Å². The summed E-state index contributed by atoms with van der Waals surface area (Å²) in [5.74, 6) is 1.11. The second-order valence-electron chi connectivity index (χ2n) is 6.57. The molecule has 1 aromatic carbocycles. The average molecular weight is 398 g/mol. The van der Waals surface area contributed by atoms with Crippen molar-refractivity contribution in [3.05, 3.63) is 41.5 Å². The zero-order valence-corrected chi connectivity index (χ0v) is 15.8. The zero-order chi connectivity index (χ0) is 17.7. The number of sulfonamides is 1. The van der Waals surface area contributed by atoms with Crippen molar-refractivity contribution < 1.29 is 12.9 Å². The van der Waals surface area contributed by atoms with Crippen LogP contribution in [0, 0.1) is 0 Å². The van der Waals surface area contributed by atoms with Crippen molar-refractivity contribution in [2.45, 2.75) is 49.1 Å². The zero-order valence-electron chi connectivity index (χ0n) is 14.2. The number of rotatable bonds is 3. The number of aliphatic imine (C=N–C) groups is 1. The van der Waals surface area contributed by atoms with E-state index in [4.69, 9.17) is 10.3 Å². The minimum atomic E-state index is -3.57. The van der Waals surface area contributed by atoms with Gasteiger partial charge in [0.15, 0.2) is 5.82 Å². The number of amidine groups is 1. The Balaban J connectivity index is 0.00000196. The number of hydrogen-bond acceptors (Lipinski definition) is 7. The van der Waals surface area contributed by atoms with Gasteiger partial charge in [0.1, 0.15) is 11.9 Å². The number of halogens is 1. The number of nitrogens with one attached hydrogen (secondary N) is 1. The van der Waals surface area contributed by atoms with E-state index >= 15 is 0 Å².